The number of hydrogen-bond donors (Lipinski definition) is 1. The number of dihydropyridines is 1. The molecule has 0 amide bonds. The molecule has 0 radical (unpaired) electrons. The first-order valence-electron chi connectivity index (χ1n) is 11.9. The molecule has 2 unspecified atom stereocenters. The van der Waals surface area contributed by atoms with Crippen molar-refractivity contribution in [1.82, 2.24) is 5.32 Å². The first kappa shape index (κ1) is 25.9. The monoisotopic (exact) mass is 557 g/mol. The number of methoxy groups -OCH3 is 2. The largest absolute Gasteiger partial charge is 0.493 e. The standard InChI is InChI=1S/C28H29BrFNO5/c1-5-10-36-28(33)25-15(2)31-21-12-18(16-7-9-23(34-3)24(14-16)35-4)13-22(32)27(21)26(25)17-6-8-20(30)19(29)11-17/h6-9,11,14,18,26,31H,5,10,12-13H2,1-4H3. The maximum atomic E-state index is 14.1. The van der Waals surface area contributed by atoms with E-state index in [1.54, 1.807) is 26.4 Å². The van der Waals surface area contributed by atoms with Gasteiger partial charge in [-0.2, -0.15) is 0 Å². The molecule has 0 fully saturated rings. The van der Waals surface area contributed by atoms with Gasteiger partial charge in [0.2, 0.25) is 0 Å². The fourth-order valence-electron chi connectivity index (χ4n) is 4.95. The molecule has 1 heterocycles. The van der Waals surface area contributed by atoms with Crippen LogP contribution in [0.2, 0.25) is 0 Å². The molecule has 1 aliphatic heterocycles. The maximum absolute atomic E-state index is 14.1. The number of nitrogens with one attached hydrogen (secondary N) is 1. The van der Waals surface area contributed by atoms with E-state index in [1.165, 1.54) is 6.07 Å². The first-order chi connectivity index (χ1) is 17.3. The second-order valence-corrected chi connectivity index (χ2v) is 9.80. The molecule has 1 N–H and O–H groups in total. The maximum Gasteiger partial charge on any atom is 0.336 e. The molecule has 0 saturated carbocycles. The van der Waals surface area contributed by atoms with Crippen LogP contribution in [-0.2, 0) is 14.3 Å². The highest BCUT2D eigenvalue weighted by Crippen LogP contribution is 2.47. The Labute approximate surface area is 218 Å². The molecule has 0 bridgehead atoms. The fourth-order valence-corrected chi connectivity index (χ4v) is 5.35. The molecular weight excluding hydrogens is 529 g/mol. The molecule has 2 aromatic rings. The Kier molecular flexibility index (Phi) is 7.83. The Morgan fingerprint density at radius 2 is 1.81 bits per heavy atom. The van der Waals surface area contributed by atoms with Crippen molar-refractivity contribution in [3.8, 4) is 11.5 Å². The second kappa shape index (κ2) is 10.9. The topological polar surface area (TPSA) is 73.9 Å². The molecule has 2 atom stereocenters. The number of esters is 1. The highest BCUT2D eigenvalue weighted by atomic mass is 79.9. The molecule has 0 aromatic heterocycles. The summed E-state index contributed by atoms with van der Waals surface area (Å²) in [6, 6.07) is 10.3. The van der Waals surface area contributed by atoms with Gasteiger partial charge in [0.15, 0.2) is 17.3 Å². The van der Waals surface area contributed by atoms with Crippen molar-refractivity contribution in [1.29, 1.82) is 0 Å². The van der Waals surface area contributed by atoms with E-state index in [1.807, 2.05) is 32.0 Å². The van der Waals surface area contributed by atoms with Crippen LogP contribution in [0.5, 0.6) is 11.5 Å². The average Bonchev–Trinajstić information content (AvgIpc) is 2.87. The van der Waals surface area contributed by atoms with Gasteiger partial charge in [0, 0.05) is 29.3 Å². The van der Waals surface area contributed by atoms with Gasteiger partial charge in [0.05, 0.1) is 30.9 Å². The Morgan fingerprint density at radius 3 is 2.47 bits per heavy atom. The Hall–Kier alpha value is -3.13. The van der Waals surface area contributed by atoms with Gasteiger partial charge in [-0.3, -0.25) is 4.79 Å². The van der Waals surface area contributed by atoms with E-state index >= 15 is 0 Å². The predicted molar refractivity (Wildman–Crippen MR) is 137 cm³/mol. The summed E-state index contributed by atoms with van der Waals surface area (Å²) in [6.07, 6.45) is 1.52. The third kappa shape index (κ3) is 4.91. The lowest BCUT2D eigenvalue weighted by Crippen LogP contribution is -2.36. The third-order valence-corrected chi connectivity index (χ3v) is 7.25. The van der Waals surface area contributed by atoms with Crippen molar-refractivity contribution in [2.75, 3.05) is 20.8 Å². The van der Waals surface area contributed by atoms with Gasteiger partial charge in [-0.05, 0) is 77.0 Å². The second-order valence-electron chi connectivity index (χ2n) is 8.94. The van der Waals surface area contributed by atoms with Crippen molar-refractivity contribution in [2.24, 2.45) is 0 Å². The number of ether oxygens (including phenoxy) is 3. The Bertz CT molecular complexity index is 1270. The third-order valence-electron chi connectivity index (χ3n) is 6.64. The van der Waals surface area contributed by atoms with E-state index in [2.05, 4.69) is 21.2 Å². The van der Waals surface area contributed by atoms with Crippen LogP contribution in [0.15, 0.2) is 63.4 Å². The van der Waals surface area contributed by atoms with E-state index in [-0.39, 0.29) is 29.2 Å². The average molecular weight is 558 g/mol. The number of benzene rings is 2. The predicted octanol–water partition coefficient (Wildman–Crippen LogP) is 5.92. The van der Waals surface area contributed by atoms with E-state index in [9.17, 15) is 14.0 Å². The van der Waals surface area contributed by atoms with Crippen molar-refractivity contribution in [3.63, 3.8) is 0 Å². The number of carbonyl (C=O) groups excluding carboxylic acids is 2. The van der Waals surface area contributed by atoms with E-state index in [0.717, 1.165) is 11.3 Å². The SMILES string of the molecule is CCCOC(=O)C1=C(C)NC2=C(C(=O)CC(c3ccc(OC)c(OC)c3)C2)C1c1ccc(F)c(Br)c1. The summed E-state index contributed by atoms with van der Waals surface area (Å²) in [4.78, 5) is 26.8. The number of allylic oxidation sites excluding steroid dienone is 3. The van der Waals surface area contributed by atoms with Crippen LogP contribution < -0.4 is 14.8 Å². The molecule has 6 nitrogen and oxygen atoms in total. The van der Waals surface area contributed by atoms with E-state index < -0.39 is 17.7 Å². The molecule has 2 aromatic carbocycles. The molecule has 0 saturated heterocycles. The summed E-state index contributed by atoms with van der Waals surface area (Å²) in [6.45, 7) is 4.00. The van der Waals surface area contributed by atoms with Crippen molar-refractivity contribution in [3.05, 3.63) is 80.4 Å². The summed E-state index contributed by atoms with van der Waals surface area (Å²) >= 11 is 3.25. The van der Waals surface area contributed by atoms with Gasteiger partial charge >= 0.3 is 5.97 Å². The summed E-state index contributed by atoms with van der Waals surface area (Å²) in [5.41, 5.74) is 3.91. The summed E-state index contributed by atoms with van der Waals surface area (Å²) in [5.74, 6) is -0.469. The minimum Gasteiger partial charge on any atom is -0.493 e. The number of ketones is 1. The zero-order valence-electron chi connectivity index (χ0n) is 20.7. The quantitative estimate of drug-likeness (QED) is 0.426. The molecule has 4 rings (SSSR count). The van der Waals surface area contributed by atoms with Crippen LogP contribution in [0, 0.1) is 5.82 Å². The molecule has 2 aliphatic rings. The number of hydrogen-bond acceptors (Lipinski definition) is 6. The zero-order valence-corrected chi connectivity index (χ0v) is 22.3. The molecular formula is C28H29BrFNO5. The number of rotatable bonds is 7. The highest BCUT2D eigenvalue weighted by Gasteiger charge is 2.41. The van der Waals surface area contributed by atoms with Crippen molar-refractivity contribution in [2.45, 2.75) is 44.9 Å². The fraction of sp³-hybridized carbons (Fsp3) is 0.357. The smallest absolute Gasteiger partial charge is 0.336 e. The molecule has 8 heteroatoms. The normalized spacial score (nSPS) is 19.6. The molecule has 36 heavy (non-hydrogen) atoms. The van der Waals surface area contributed by atoms with E-state index in [4.69, 9.17) is 14.2 Å². The van der Waals surface area contributed by atoms with Gasteiger partial charge in [-0.15, -0.1) is 0 Å². The van der Waals surface area contributed by atoms with Crippen LogP contribution in [0.4, 0.5) is 4.39 Å². The Balaban J connectivity index is 1.78. The zero-order chi connectivity index (χ0) is 26.0. The lowest BCUT2D eigenvalue weighted by Gasteiger charge is -2.37. The van der Waals surface area contributed by atoms with Gasteiger partial charge in [-0.25, -0.2) is 9.18 Å². The first-order valence-corrected chi connectivity index (χ1v) is 12.7. The summed E-state index contributed by atoms with van der Waals surface area (Å²) in [7, 11) is 3.16. The summed E-state index contributed by atoms with van der Waals surface area (Å²) in [5, 5.41) is 3.33. The molecule has 0 spiro atoms. The highest BCUT2D eigenvalue weighted by molar-refractivity contribution is 9.10. The minimum absolute atomic E-state index is 0.0673. The van der Waals surface area contributed by atoms with Crippen LogP contribution >= 0.6 is 15.9 Å². The van der Waals surface area contributed by atoms with Crippen molar-refractivity contribution >= 4 is 27.7 Å². The van der Waals surface area contributed by atoms with Gasteiger partial charge in [0.1, 0.15) is 5.82 Å². The molecule has 1 aliphatic carbocycles. The van der Waals surface area contributed by atoms with Crippen LogP contribution in [0.25, 0.3) is 0 Å². The minimum atomic E-state index is -0.652. The number of halogens is 2. The molecule has 190 valence electrons. The van der Waals surface area contributed by atoms with Gasteiger partial charge in [-0.1, -0.05) is 19.1 Å². The van der Waals surface area contributed by atoms with Gasteiger partial charge in [0.25, 0.3) is 0 Å². The van der Waals surface area contributed by atoms with Crippen molar-refractivity contribution < 1.29 is 28.2 Å². The lowest BCUT2D eigenvalue weighted by molar-refractivity contribution is -0.139. The van der Waals surface area contributed by atoms with Gasteiger partial charge < -0.3 is 19.5 Å². The van der Waals surface area contributed by atoms with Crippen LogP contribution in [-0.4, -0.2) is 32.6 Å². The van der Waals surface area contributed by atoms with Crippen LogP contribution in [0.3, 0.4) is 0 Å². The Morgan fingerprint density at radius 1 is 1.08 bits per heavy atom. The van der Waals surface area contributed by atoms with E-state index in [0.29, 0.717) is 46.7 Å². The van der Waals surface area contributed by atoms with Crippen LogP contribution in [0.1, 0.15) is 56.1 Å². The number of Topliss-reactive ketones (excluding diaryl/α,β-unsaturated/α-hetero) is 1. The summed E-state index contributed by atoms with van der Waals surface area (Å²) < 4.78 is 30.6. The lowest BCUT2D eigenvalue weighted by atomic mass is 9.71. The number of carbonyl (C=O) groups is 2.